The van der Waals surface area contributed by atoms with E-state index in [4.69, 9.17) is 10.8 Å². The smallest absolute Gasteiger partial charge is 0.148 e. The minimum absolute atomic E-state index is 0.219. The van der Waals surface area contributed by atoms with Crippen LogP contribution < -0.4 is 10.6 Å². The fraction of sp³-hybridized carbons (Fsp3) is 0.538. The maximum Gasteiger partial charge on any atom is 0.148 e. The SMILES string of the molecule is Cc1nc(-c2c(N)nsc2N2CCN(CCO)CC2)cs1. The Morgan fingerprint density at radius 2 is 2.10 bits per heavy atom. The van der Waals surface area contributed by atoms with Crippen molar-refractivity contribution in [3.8, 4) is 11.3 Å². The predicted molar refractivity (Wildman–Crippen MR) is 88.1 cm³/mol. The number of nitrogens with zero attached hydrogens (tertiary/aromatic N) is 4. The summed E-state index contributed by atoms with van der Waals surface area (Å²) >= 11 is 3.08. The van der Waals surface area contributed by atoms with E-state index >= 15 is 0 Å². The number of rotatable bonds is 4. The van der Waals surface area contributed by atoms with Gasteiger partial charge in [0.2, 0.25) is 0 Å². The van der Waals surface area contributed by atoms with Gasteiger partial charge in [-0.05, 0) is 18.5 Å². The van der Waals surface area contributed by atoms with E-state index in [-0.39, 0.29) is 6.61 Å². The zero-order valence-corrected chi connectivity index (χ0v) is 13.6. The molecule has 0 amide bonds. The molecule has 1 aliphatic rings. The summed E-state index contributed by atoms with van der Waals surface area (Å²) in [5, 5.41) is 13.2. The van der Waals surface area contributed by atoms with Gasteiger partial charge in [0.25, 0.3) is 0 Å². The molecule has 2 aromatic rings. The zero-order valence-electron chi connectivity index (χ0n) is 11.9. The Kier molecular flexibility index (Phi) is 4.39. The second-order valence-corrected chi connectivity index (χ2v) is 6.87. The van der Waals surface area contributed by atoms with Crippen LogP contribution in [-0.4, -0.2) is 58.7 Å². The van der Waals surface area contributed by atoms with Gasteiger partial charge in [0.15, 0.2) is 0 Å². The van der Waals surface area contributed by atoms with Crippen LogP contribution in [0.25, 0.3) is 11.3 Å². The first-order valence-corrected chi connectivity index (χ1v) is 8.60. The summed E-state index contributed by atoms with van der Waals surface area (Å²) in [5.41, 5.74) is 7.96. The molecule has 0 unspecified atom stereocenters. The van der Waals surface area contributed by atoms with Crippen LogP contribution in [0.15, 0.2) is 5.38 Å². The average molecular weight is 325 g/mol. The van der Waals surface area contributed by atoms with Crippen molar-refractivity contribution < 1.29 is 5.11 Å². The molecule has 1 saturated heterocycles. The van der Waals surface area contributed by atoms with Crippen LogP contribution in [0, 0.1) is 6.92 Å². The van der Waals surface area contributed by atoms with Crippen LogP contribution in [0.1, 0.15) is 5.01 Å². The van der Waals surface area contributed by atoms with Gasteiger partial charge in [-0.15, -0.1) is 11.3 Å². The van der Waals surface area contributed by atoms with E-state index < -0.39 is 0 Å². The lowest BCUT2D eigenvalue weighted by Crippen LogP contribution is -2.47. The van der Waals surface area contributed by atoms with Crippen LogP contribution in [0.3, 0.4) is 0 Å². The summed E-state index contributed by atoms with van der Waals surface area (Å²) < 4.78 is 4.32. The van der Waals surface area contributed by atoms with Crippen molar-refractivity contribution in [3.05, 3.63) is 10.4 Å². The van der Waals surface area contributed by atoms with Gasteiger partial charge in [0.1, 0.15) is 10.8 Å². The molecular formula is C13H19N5OS2. The largest absolute Gasteiger partial charge is 0.395 e. The van der Waals surface area contributed by atoms with Crippen molar-refractivity contribution >= 4 is 33.7 Å². The number of aromatic nitrogens is 2. The summed E-state index contributed by atoms with van der Waals surface area (Å²) in [6.45, 7) is 6.72. The van der Waals surface area contributed by atoms with Gasteiger partial charge in [-0.3, -0.25) is 4.90 Å². The first kappa shape index (κ1) is 14.7. The fourth-order valence-electron chi connectivity index (χ4n) is 2.54. The third kappa shape index (κ3) is 3.03. The van der Waals surface area contributed by atoms with E-state index in [1.807, 2.05) is 12.3 Å². The molecule has 114 valence electrons. The van der Waals surface area contributed by atoms with Crippen LogP contribution in [0.2, 0.25) is 0 Å². The van der Waals surface area contributed by atoms with E-state index in [9.17, 15) is 0 Å². The van der Waals surface area contributed by atoms with Gasteiger partial charge in [0, 0.05) is 38.1 Å². The molecule has 2 aromatic heterocycles. The standard InChI is InChI=1S/C13H19N5OS2/c1-9-15-10(8-20-9)11-12(14)16-21-13(11)18-4-2-17(3-5-18)6-7-19/h8,19H,2-7H2,1H3,(H2,14,16). The Hall–Kier alpha value is -1.22. The maximum atomic E-state index is 9.01. The molecule has 1 aliphatic heterocycles. The van der Waals surface area contributed by atoms with Gasteiger partial charge < -0.3 is 15.7 Å². The zero-order chi connectivity index (χ0) is 14.8. The Labute approximate surface area is 132 Å². The van der Waals surface area contributed by atoms with E-state index in [0.717, 1.165) is 54.0 Å². The molecule has 6 nitrogen and oxygen atoms in total. The molecule has 0 saturated carbocycles. The lowest BCUT2D eigenvalue weighted by atomic mass is 10.2. The maximum absolute atomic E-state index is 9.01. The molecule has 0 bridgehead atoms. The van der Waals surface area contributed by atoms with E-state index in [1.165, 1.54) is 11.5 Å². The Morgan fingerprint density at radius 1 is 1.33 bits per heavy atom. The number of nitrogen functional groups attached to an aromatic ring is 1. The summed E-state index contributed by atoms with van der Waals surface area (Å²) in [6, 6.07) is 0. The number of hydrogen-bond acceptors (Lipinski definition) is 8. The molecule has 21 heavy (non-hydrogen) atoms. The lowest BCUT2D eigenvalue weighted by Gasteiger charge is -2.35. The van der Waals surface area contributed by atoms with Gasteiger partial charge in [-0.1, -0.05) is 0 Å². The van der Waals surface area contributed by atoms with E-state index in [2.05, 4.69) is 19.2 Å². The van der Waals surface area contributed by atoms with Crippen molar-refractivity contribution in [1.82, 2.24) is 14.3 Å². The van der Waals surface area contributed by atoms with Crippen LogP contribution >= 0.6 is 22.9 Å². The summed E-state index contributed by atoms with van der Waals surface area (Å²) in [7, 11) is 0. The number of thiazole rings is 1. The molecule has 0 aliphatic carbocycles. The molecule has 0 spiro atoms. The second kappa shape index (κ2) is 6.27. The summed E-state index contributed by atoms with van der Waals surface area (Å²) in [6.07, 6.45) is 0. The predicted octanol–water partition coefficient (Wildman–Crippen LogP) is 1.27. The molecule has 3 heterocycles. The van der Waals surface area contributed by atoms with Crippen molar-refractivity contribution in [2.75, 3.05) is 50.0 Å². The normalized spacial score (nSPS) is 16.6. The lowest BCUT2D eigenvalue weighted by molar-refractivity contribution is 0.189. The highest BCUT2D eigenvalue weighted by atomic mass is 32.1. The average Bonchev–Trinajstić information content (AvgIpc) is 3.06. The second-order valence-electron chi connectivity index (χ2n) is 5.05. The van der Waals surface area contributed by atoms with Crippen LogP contribution in [0.5, 0.6) is 0 Å². The number of aryl methyl sites for hydroxylation is 1. The highest BCUT2D eigenvalue weighted by Crippen LogP contribution is 2.39. The number of anilines is 2. The number of hydrogen-bond donors (Lipinski definition) is 2. The molecule has 3 N–H and O–H groups in total. The summed E-state index contributed by atoms with van der Waals surface area (Å²) in [4.78, 5) is 9.15. The molecule has 0 radical (unpaired) electrons. The van der Waals surface area contributed by atoms with Crippen molar-refractivity contribution in [3.63, 3.8) is 0 Å². The highest BCUT2D eigenvalue weighted by Gasteiger charge is 2.24. The molecule has 1 fully saturated rings. The van der Waals surface area contributed by atoms with Gasteiger partial charge >= 0.3 is 0 Å². The van der Waals surface area contributed by atoms with Crippen LogP contribution in [0.4, 0.5) is 10.8 Å². The minimum Gasteiger partial charge on any atom is -0.395 e. The Bertz CT molecular complexity index is 603. The number of aliphatic hydroxyl groups excluding tert-OH is 1. The van der Waals surface area contributed by atoms with Gasteiger partial charge in [0.05, 0.1) is 22.9 Å². The first-order valence-electron chi connectivity index (χ1n) is 6.95. The number of β-amino-alcohol motifs (C(OH)–C–C–N with tert-alkyl or cyclic N) is 1. The van der Waals surface area contributed by atoms with Crippen molar-refractivity contribution in [2.24, 2.45) is 0 Å². The van der Waals surface area contributed by atoms with Crippen LogP contribution in [-0.2, 0) is 0 Å². The third-order valence-electron chi connectivity index (χ3n) is 3.65. The van der Waals surface area contributed by atoms with Crippen molar-refractivity contribution in [1.29, 1.82) is 0 Å². The minimum atomic E-state index is 0.219. The molecule has 3 rings (SSSR count). The number of piperazine rings is 1. The quantitative estimate of drug-likeness (QED) is 0.881. The van der Waals surface area contributed by atoms with E-state index in [1.54, 1.807) is 11.3 Å². The molecule has 8 heteroatoms. The molecule has 0 aromatic carbocycles. The fourth-order valence-corrected chi connectivity index (χ4v) is 4.02. The number of nitrogens with two attached hydrogens (primary N) is 1. The third-order valence-corrected chi connectivity index (χ3v) is 5.35. The van der Waals surface area contributed by atoms with E-state index in [0.29, 0.717) is 5.82 Å². The van der Waals surface area contributed by atoms with Gasteiger partial charge in [-0.2, -0.15) is 4.37 Å². The number of aliphatic hydroxyl groups is 1. The first-order chi connectivity index (χ1) is 10.2. The monoisotopic (exact) mass is 325 g/mol. The Morgan fingerprint density at radius 3 is 2.71 bits per heavy atom. The highest BCUT2D eigenvalue weighted by molar-refractivity contribution is 7.11. The van der Waals surface area contributed by atoms with Crippen molar-refractivity contribution in [2.45, 2.75) is 6.92 Å². The van der Waals surface area contributed by atoms with Gasteiger partial charge in [-0.25, -0.2) is 4.98 Å². The molecular weight excluding hydrogens is 306 g/mol. The topological polar surface area (TPSA) is 78.5 Å². The Balaban J connectivity index is 1.81. The summed E-state index contributed by atoms with van der Waals surface area (Å²) in [5.74, 6) is 0.568. The molecule has 0 atom stereocenters.